The Kier molecular flexibility index (Phi) is 2.81. The molecule has 0 bridgehead atoms. The first-order valence-corrected chi connectivity index (χ1v) is 3.85. The number of carbonyl (C=O) groups is 1. The van der Waals surface area contributed by atoms with Crippen LogP contribution in [0.15, 0.2) is 12.1 Å². The first-order valence-electron chi connectivity index (χ1n) is 3.85. The average molecular weight is 198 g/mol. The van der Waals surface area contributed by atoms with Crippen molar-refractivity contribution in [2.24, 2.45) is 0 Å². The molecule has 0 aliphatic rings. The molecule has 76 valence electrons. The van der Waals surface area contributed by atoms with Crippen molar-refractivity contribution in [1.29, 1.82) is 0 Å². The summed E-state index contributed by atoms with van der Waals surface area (Å²) in [5.74, 6) is -1.41. The number of benzene rings is 1. The molecular formula is C9H10O5. The Morgan fingerprint density at radius 2 is 2.00 bits per heavy atom. The lowest BCUT2D eigenvalue weighted by molar-refractivity contribution is -0.136. The highest BCUT2D eigenvalue weighted by Crippen LogP contribution is 2.33. The third kappa shape index (κ3) is 2.07. The van der Waals surface area contributed by atoms with Gasteiger partial charge in [-0.25, -0.2) is 0 Å². The van der Waals surface area contributed by atoms with Gasteiger partial charge in [-0.15, -0.1) is 0 Å². The highest BCUT2D eigenvalue weighted by molar-refractivity contribution is 5.72. The smallest absolute Gasteiger partial charge is 0.307 e. The lowest BCUT2D eigenvalue weighted by atomic mass is 10.1. The molecule has 0 heterocycles. The van der Waals surface area contributed by atoms with E-state index in [1.54, 1.807) is 0 Å². The molecule has 0 fully saturated rings. The maximum absolute atomic E-state index is 10.4. The zero-order chi connectivity index (χ0) is 10.7. The van der Waals surface area contributed by atoms with E-state index in [0.717, 1.165) is 6.07 Å². The Morgan fingerprint density at radius 1 is 1.36 bits per heavy atom. The highest BCUT2D eigenvalue weighted by Gasteiger charge is 2.11. The molecule has 0 saturated heterocycles. The van der Waals surface area contributed by atoms with Gasteiger partial charge in [0.2, 0.25) is 0 Å². The molecule has 1 aromatic carbocycles. The molecule has 0 atom stereocenters. The molecule has 0 amide bonds. The molecule has 1 rings (SSSR count). The second kappa shape index (κ2) is 3.87. The van der Waals surface area contributed by atoms with Crippen LogP contribution in [0, 0.1) is 0 Å². The molecule has 0 spiro atoms. The summed E-state index contributed by atoms with van der Waals surface area (Å²) >= 11 is 0. The standard InChI is InChI=1S/C9H10O5/c1-14-8-2-5(3-9(12)13)6(10)4-7(8)11/h2,4,10-11H,3H2,1H3,(H,12,13). The van der Waals surface area contributed by atoms with Crippen molar-refractivity contribution in [3.63, 3.8) is 0 Å². The predicted octanol–water partition coefficient (Wildman–Crippen LogP) is 0.733. The van der Waals surface area contributed by atoms with E-state index in [4.69, 9.17) is 9.84 Å². The van der Waals surface area contributed by atoms with Gasteiger partial charge in [-0.1, -0.05) is 0 Å². The Hall–Kier alpha value is -1.91. The van der Waals surface area contributed by atoms with E-state index < -0.39 is 5.97 Å². The maximum Gasteiger partial charge on any atom is 0.307 e. The number of phenolic OH excluding ortho intramolecular Hbond substituents is 2. The van der Waals surface area contributed by atoms with Gasteiger partial charge in [-0.2, -0.15) is 0 Å². The van der Waals surface area contributed by atoms with Crippen LogP contribution in [0.1, 0.15) is 5.56 Å². The van der Waals surface area contributed by atoms with Crippen molar-refractivity contribution in [2.75, 3.05) is 7.11 Å². The quantitative estimate of drug-likeness (QED) is 0.666. The monoisotopic (exact) mass is 198 g/mol. The van der Waals surface area contributed by atoms with Crippen LogP contribution in [-0.2, 0) is 11.2 Å². The van der Waals surface area contributed by atoms with Crippen LogP contribution in [0.5, 0.6) is 17.2 Å². The minimum atomic E-state index is -1.06. The van der Waals surface area contributed by atoms with E-state index in [1.807, 2.05) is 0 Å². The topological polar surface area (TPSA) is 87.0 Å². The fraction of sp³-hybridized carbons (Fsp3) is 0.222. The largest absolute Gasteiger partial charge is 0.508 e. The van der Waals surface area contributed by atoms with Crippen molar-refractivity contribution < 1.29 is 24.9 Å². The van der Waals surface area contributed by atoms with E-state index in [9.17, 15) is 15.0 Å². The third-order valence-corrected chi connectivity index (χ3v) is 1.72. The molecule has 0 aromatic heterocycles. The van der Waals surface area contributed by atoms with Crippen LogP contribution in [0.2, 0.25) is 0 Å². The zero-order valence-electron chi connectivity index (χ0n) is 7.52. The lowest BCUT2D eigenvalue weighted by Crippen LogP contribution is -2.00. The molecule has 0 unspecified atom stereocenters. The summed E-state index contributed by atoms with van der Waals surface area (Å²) in [6, 6.07) is 2.34. The van der Waals surface area contributed by atoms with Gasteiger partial charge in [0.05, 0.1) is 13.5 Å². The molecule has 0 saturated carbocycles. The van der Waals surface area contributed by atoms with Crippen molar-refractivity contribution in [2.45, 2.75) is 6.42 Å². The number of aromatic hydroxyl groups is 2. The minimum absolute atomic E-state index is 0.138. The summed E-state index contributed by atoms with van der Waals surface area (Å²) in [7, 11) is 1.34. The van der Waals surface area contributed by atoms with E-state index in [0.29, 0.717) is 0 Å². The lowest BCUT2D eigenvalue weighted by Gasteiger charge is -2.07. The summed E-state index contributed by atoms with van der Waals surface area (Å²) in [6.45, 7) is 0. The van der Waals surface area contributed by atoms with Gasteiger partial charge in [-0.3, -0.25) is 4.79 Å². The Bertz CT molecular complexity index is 358. The van der Waals surface area contributed by atoms with Gasteiger partial charge in [0.1, 0.15) is 5.75 Å². The number of hydrogen-bond donors (Lipinski definition) is 3. The first-order chi connectivity index (χ1) is 6.54. The second-order valence-corrected chi connectivity index (χ2v) is 2.72. The summed E-state index contributed by atoms with van der Waals surface area (Å²) < 4.78 is 4.77. The Balaban J connectivity index is 3.10. The van der Waals surface area contributed by atoms with Crippen molar-refractivity contribution >= 4 is 5.97 Å². The fourth-order valence-corrected chi connectivity index (χ4v) is 1.07. The molecule has 1 aromatic rings. The fourth-order valence-electron chi connectivity index (χ4n) is 1.07. The number of carboxylic acids is 1. The van der Waals surface area contributed by atoms with Gasteiger partial charge >= 0.3 is 5.97 Å². The number of carboxylic acid groups (broad SMARTS) is 1. The van der Waals surface area contributed by atoms with Gasteiger partial charge in [0.15, 0.2) is 11.5 Å². The molecule has 0 aliphatic carbocycles. The van der Waals surface area contributed by atoms with E-state index in [2.05, 4.69) is 0 Å². The second-order valence-electron chi connectivity index (χ2n) is 2.72. The molecule has 3 N–H and O–H groups in total. The molecular weight excluding hydrogens is 188 g/mol. The normalized spacial score (nSPS) is 9.79. The number of methoxy groups -OCH3 is 1. The molecule has 0 aliphatic heterocycles. The average Bonchev–Trinajstić information content (AvgIpc) is 2.09. The molecule has 14 heavy (non-hydrogen) atoms. The van der Waals surface area contributed by atoms with Crippen LogP contribution in [0.25, 0.3) is 0 Å². The van der Waals surface area contributed by atoms with E-state index >= 15 is 0 Å². The summed E-state index contributed by atoms with van der Waals surface area (Å²) in [5, 5.41) is 27.0. The number of rotatable bonds is 3. The number of phenols is 2. The predicted molar refractivity (Wildman–Crippen MR) is 47.7 cm³/mol. The van der Waals surface area contributed by atoms with Crippen LogP contribution in [0.3, 0.4) is 0 Å². The van der Waals surface area contributed by atoms with E-state index in [1.165, 1.54) is 13.2 Å². The van der Waals surface area contributed by atoms with Crippen LogP contribution < -0.4 is 4.74 Å². The van der Waals surface area contributed by atoms with Crippen molar-refractivity contribution in [3.8, 4) is 17.2 Å². The van der Waals surface area contributed by atoms with Gasteiger partial charge in [0.25, 0.3) is 0 Å². The number of ether oxygens (including phenoxy) is 1. The number of hydrogen-bond acceptors (Lipinski definition) is 4. The SMILES string of the molecule is COc1cc(CC(=O)O)c(O)cc1O. The molecule has 0 radical (unpaired) electrons. The van der Waals surface area contributed by atoms with Gasteiger partial charge < -0.3 is 20.1 Å². The van der Waals surface area contributed by atoms with Crippen LogP contribution in [0.4, 0.5) is 0 Å². The van der Waals surface area contributed by atoms with Gasteiger partial charge in [0, 0.05) is 11.6 Å². The summed E-state index contributed by atoms with van der Waals surface area (Å²) in [4.78, 5) is 10.4. The Labute approximate surface area is 80.2 Å². The van der Waals surface area contributed by atoms with Gasteiger partial charge in [-0.05, 0) is 6.07 Å². The Morgan fingerprint density at radius 3 is 2.50 bits per heavy atom. The van der Waals surface area contributed by atoms with E-state index in [-0.39, 0.29) is 29.2 Å². The number of aliphatic carboxylic acids is 1. The third-order valence-electron chi connectivity index (χ3n) is 1.72. The van der Waals surface area contributed by atoms with Crippen molar-refractivity contribution in [1.82, 2.24) is 0 Å². The first kappa shape index (κ1) is 10.2. The highest BCUT2D eigenvalue weighted by atomic mass is 16.5. The molecule has 5 nitrogen and oxygen atoms in total. The minimum Gasteiger partial charge on any atom is -0.508 e. The van der Waals surface area contributed by atoms with Crippen LogP contribution >= 0.6 is 0 Å². The van der Waals surface area contributed by atoms with Crippen LogP contribution in [-0.4, -0.2) is 28.4 Å². The zero-order valence-corrected chi connectivity index (χ0v) is 7.52. The summed E-state index contributed by atoms with van der Waals surface area (Å²) in [6.07, 6.45) is -0.317. The maximum atomic E-state index is 10.4. The molecule has 5 heteroatoms. The van der Waals surface area contributed by atoms with Crippen molar-refractivity contribution in [3.05, 3.63) is 17.7 Å². The summed E-state index contributed by atoms with van der Waals surface area (Å²) in [5.41, 5.74) is 0.201.